The number of carbonyl (C=O) groups excluding carboxylic acids is 1. The molecule has 0 unspecified atom stereocenters. The van der Waals surface area contributed by atoms with Crippen molar-refractivity contribution in [2.24, 2.45) is 0 Å². The van der Waals surface area contributed by atoms with Gasteiger partial charge in [-0.3, -0.25) is 4.79 Å². The van der Waals surface area contributed by atoms with Gasteiger partial charge in [-0.1, -0.05) is 28.1 Å². The number of anilines is 1. The van der Waals surface area contributed by atoms with Crippen molar-refractivity contribution in [3.8, 4) is 11.5 Å². The van der Waals surface area contributed by atoms with Crippen LogP contribution in [-0.4, -0.2) is 53.9 Å². The molecule has 2 aromatic carbocycles. The van der Waals surface area contributed by atoms with Crippen LogP contribution >= 0.6 is 15.9 Å². The Kier molecular flexibility index (Phi) is 6.23. The molecule has 0 bridgehead atoms. The summed E-state index contributed by atoms with van der Waals surface area (Å²) >= 11 is 3.40. The number of ether oxygens (including phenoxy) is 2. The summed E-state index contributed by atoms with van der Waals surface area (Å²) in [5.74, 6) is 1.54. The van der Waals surface area contributed by atoms with Crippen LogP contribution in [0.2, 0.25) is 0 Å². The summed E-state index contributed by atoms with van der Waals surface area (Å²) in [4.78, 5) is 16.9. The first-order chi connectivity index (χ1) is 14.6. The van der Waals surface area contributed by atoms with E-state index in [0.29, 0.717) is 18.8 Å². The molecule has 156 valence electrons. The Labute approximate surface area is 183 Å². The lowest BCUT2D eigenvalue weighted by atomic mass is 10.2. The smallest absolute Gasteiger partial charge is 0.274 e. The third kappa shape index (κ3) is 4.59. The van der Waals surface area contributed by atoms with Gasteiger partial charge in [0.1, 0.15) is 11.5 Å². The average Bonchev–Trinajstić information content (AvgIpc) is 3.27. The first-order valence-corrected chi connectivity index (χ1v) is 10.5. The zero-order chi connectivity index (χ0) is 20.9. The highest BCUT2D eigenvalue weighted by molar-refractivity contribution is 9.10. The molecule has 30 heavy (non-hydrogen) atoms. The number of nitrogens with zero attached hydrogens (tertiary/aromatic N) is 4. The number of carbonyl (C=O) groups is 1. The Hall–Kier alpha value is -3.00. The van der Waals surface area contributed by atoms with Gasteiger partial charge < -0.3 is 19.3 Å². The topological polar surface area (TPSA) is 59.8 Å². The van der Waals surface area contributed by atoms with Gasteiger partial charge in [0.15, 0.2) is 12.4 Å². The Morgan fingerprint density at radius 2 is 1.77 bits per heavy atom. The lowest BCUT2D eigenvalue weighted by molar-refractivity contribution is 0.0738. The normalized spacial score (nSPS) is 13.9. The van der Waals surface area contributed by atoms with E-state index in [1.807, 2.05) is 53.4 Å². The summed E-state index contributed by atoms with van der Waals surface area (Å²) in [6.07, 6.45) is 1.76. The number of halogens is 1. The van der Waals surface area contributed by atoms with E-state index in [2.05, 4.69) is 25.9 Å². The molecule has 1 fully saturated rings. The van der Waals surface area contributed by atoms with Crippen LogP contribution in [0.4, 0.5) is 5.69 Å². The molecule has 1 aliphatic heterocycles. The van der Waals surface area contributed by atoms with E-state index in [4.69, 9.17) is 9.47 Å². The molecule has 2 heterocycles. The number of methoxy groups -OCH3 is 1. The maximum absolute atomic E-state index is 12.9. The van der Waals surface area contributed by atoms with Crippen LogP contribution in [0.1, 0.15) is 10.5 Å². The van der Waals surface area contributed by atoms with Crippen LogP contribution in [0.15, 0.2) is 65.3 Å². The fraction of sp³-hybridized carbons (Fsp3) is 0.273. The number of benzene rings is 2. The van der Waals surface area contributed by atoms with Crippen molar-refractivity contribution in [3.05, 3.63) is 71.0 Å². The van der Waals surface area contributed by atoms with Gasteiger partial charge in [0.2, 0.25) is 0 Å². The molecule has 1 saturated heterocycles. The molecule has 0 radical (unpaired) electrons. The fourth-order valence-electron chi connectivity index (χ4n) is 3.42. The van der Waals surface area contributed by atoms with Crippen LogP contribution in [0.5, 0.6) is 11.5 Å². The van der Waals surface area contributed by atoms with Crippen molar-refractivity contribution in [3.63, 3.8) is 0 Å². The summed E-state index contributed by atoms with van der Waals surface area (Å²) in [7, 11) is 1.68. The number of hydrogen-bond donors (Lipinski definition) is 0. The Balaban J connectivity index is 1.33. The monoisotopic (exact) mass is 470 g/mol. The molecule has 0 atom stereocenters. The number of para-hydroxylation sites is 2. The Bertz CT molecular complexity index is 998. The number of rotatable bonds is 6. The van der Waals surface area contributed by atoms with E-state index in [9.17, 15) is 4.79 Å². The zero-order valence-corrected chi connectivity index (χ0v) is 18.3. The third-order valence-electron chi connectivity index (χ3n) is 5.03. The summed E-state index contributed by atoms with van der Waals surface area (Å²) in [5.41, 5.74) is 1.49. The predicted molar refractivity (Wildman–Crippen MR) is 118 cm³/mol. The molecule has 4 rings (SSSR count). The van der Waals surface area contributed by atoms with Gasteiger partial charge in [-0.05, 0) is 42.5 Å². The summed E-state index contributed by atoms with van der Waals surface area (Å²) in [5, 5.41) is 4.38. The van der Waals surface area contributed by atoms with Crippen LogP contribution in [0.3, 0.4) is 0 Å². The maximum Gasteiger partial charge on any atom is 0.274 e. The zero-order valence-electron chi connectivity index (χ0n) is 16.7. The fourth-order valence-corrected chi connectivity index (χ4v) is 3.69. The lowest BCUT2D eigenvalue weighted by Crippen LogP contribution is -2.49. The Morgan fingerprint density at radius 3 is 2.50 bits per heavy atom. The van der Waals surface area contributed by atoms with Gasteiger partial charge in [0.05, 0.1) is 12.8 Å². The second kappa shape index (κ2) is 9.21. The maximum atomic E-state index is 12.9. The average molecular weight is 471 g/mol. The van der Waals surface area contributed by atoms with Gasteiger partial charge in [-0.15, -0.1) is 0 Å². The van der Waals surface area contributed by atoms with Crippen molar-refractivity contribution in [1.82, 2.24) is 14.7 Å². The quantitative estimate of drug-likeness (QED) is 0.550. The van der Waals surface area contributed by atoms with E-state index < -0.39 is 0 Å². The van der Waals surface area contributed by atoms with Crippen LogP contribution in [-0.2, 0) is 6.73 Å². The number of aromatic nitrogens is 2. The van der Waals surface area contributed by atoms with Gasteiger partial charge in [0, 0.05) is 36.8 Å². The van der Waals surface area contributed by atoms with E-state index >= 15 is 0 Å². The molecule has 7 nitrogen and oxygen atoms in total. The van der Waals surface area contributed by atoms with Gasteiger partial charge in [-0.2, -0.15) is 5.10 Å². The molecule has 0 spiro atoms. The summed E-state index contributed by atoms with van der Waals surface area (Å²) < 4.78 is 13.8. The number of hydrogen-bond acceptors (Lipinski definition) is 5. The van der Waals surface area contributed by atoms with Crippen molar-refractivity contribution in [2.75, 3.05) is 38.2 Å². The van der Waals surface area contributed by atoms with Crippen LogP contribution in [0.25, 0.3) is 0 Å². The molecule has 1 aliphatic rings. The minimum atomic E-state index is -0.0583. The lowest BCUT2D eigenvalue weighted by Gasteiger charge is -2.36. The van der Waals surface area contributed by atoms with Gasteiger partial charge in [-0.25, -0.2) is 4.68 Å². The van der Waals surface area contributed by atoms with Gasteiger partial charge in [0.25, 0.3) is 5.91 Å². The van der Waals surface area contributed by atoms with E-state index in [1.54, 1.807) is 24.1 Å². The van der Waals surface area contributed by atoms with Crippen molar-refractivity contribution >= 4 is 27.5 Å². The van der Waals surface area contributed by atoms with Crippen LogP contribution < -0.4 is 14.4 Å². The highest BCUT2D eigenvalue weighted by Crippen LogP contribution is 2.28. The molecule has 8 heteroatoms. The summed E-state index contributed by atoms with van der Waals surface area (Å²) in [6, 6.07) is 17.3. The predicted octanol–water partition coefficient (Wildman–Crippen LogP) is 3.65. The molecular formula is C22H23BrN4O3. The largest absolute Gasteiger partial charge is 0.495 e. The van der Waals surface area contributed by atoms with Crippen molar-refractivity contribution in [1.29, 1.82) is 0 Å². The first-order valence-electron chi connectivity index (χ1n) is 9.73. The molecule has 0 aliphatic carbocycles. The van der Waals surface area contributed by atoms with Crippen molar-refractivity contribution < 1.29 is 14.3 Å². The molecule has 0 saturated carbocycles. The minimum absolute atomic E-state index is 0.0583. The van der Waals surface area contributed by atoms with E-state index in [1.165, 1.54) is 0 Å². The van der Waals surface area contributed by atoms with Crippen molar-refractivity contribution in [2.45, 2.75) is 6.73 Å². The molecular weight excluding hydrogens is 448 g/mol. The highest BCUT2D eigenvalue weighted by atomic mass is 79.9. The second-order valence-corrected chi connectivity index (χ2v) is 7.83. The Morgan fingerprint density at radius 1 is 1.03 bits per heavy atom. The minimum Gasteiger partial charge on any atom is -0.495 e. The molecule has 1 amide bonds. The second-order valence-electron chi connectivity index (χ2n) is 6.92. The first kappa shape index (κ1) is 20.3. The highest BCUT2D eigenvalue weighted by Gasteiger charge is 2.25. The SMILES string of the molecule is COc1ccccc1N1CCN(C(=O)c2ccn(COc3ccc(Br)cc3)n2)CC1. The number of piperazine rings is 1. The van der Waals surface area contributed by atoms with Crippen LogP contribution in [0, 0.1) is 0 Å². The van der Waals surface area contributed by atoms with Gasteiger partial charge >= 0.3 is 0 Å². The third-order valence-corrected chi connectivity index (χ3v) is 5.56. The molecule has 3 aromatic rings. The molecule has 1 aromatic heterocycles. The van der Waals surface area contributed by atoms with E-state index in [0.717, 1.165) is 34.7 Å². The van der Waals surface area contributed by atoms with E-state index in [-0.39, 0.29) is 12.6 Å². The summed E-state index contributed by atoms with van der Waals surface area (Å²) in [6.45, 7) is 3.02. The standard InChI is InChI=1S/C22H23BrN4O3/c1-29-21-5-3-2-4-20(21)25-12-14-26(15-13-25)22(28)19-10-11-27(24-19)16-30-18-8-6-17(23)7-9-18/h2-11H,12-16H2,1H3. The number of amides is 1. The molecule has 0 N–H and O–H groups in total.